The van der Waals surface area contributed by atoms with Gasteiger partial charge in [0.1, 0.15) is 11.6 Å². The fraction of sp³-hybridized carbons (Fsp3) is 0.280. The summed E-state index contributed by atoms with van der Waals surface area (Å²) in [5.74, 6) is 0.766. The Balaban J connectivity index is 1.59. The van der Waals surface area contributed by atoms with E-state index in [2.05, 4.69) is 34.9 Å². The summed E-state index contributed by atoms with van der Waals surface area (Å²) in [5, 5.41) is 4.82. The summed E-state index contributed by atoms with van der Waals surface area (Å²) in [6, 6.07) is 20.8. The lowest BCUT2D eigenvalue weighted by molar-refractivity contribution is 0.257. The molecule has 6 heteroatoms. The lowest BCUT2D eigenvalue weighted by Crippen LogP contribution is -2.47. The molecule has 0 spiro atoms. The van der Waals surface area contributed by atoms with Gasteiger partial charge in [-0.05, 0) is 25.1 Å². The third-order valence-corrected chi connectivity index (χ3v) is 5.83. The number of benzene rings is 2. The number of anilines is 1. The van der Waals surface area contributed by atoms with Crippen LogP contribution in [0.5, 0.6) is 0 Å². The summed E-state index contributed by atoms with van der Waals surface area (Å²) in [6.07, 6.45) is 1.17. The van der Waals surface area contributed by atoms with Gasteiger partial charge in [-0.1, -0.05) is 49.4 Å². The molecule has 1 fully saturated rings. The topological polar surface area (TPSA) is 36.7 Å². The molecule has 0 bridgehead atoms. The van der Waals surface area contributed by atoms with Gasteiger partial charge in [-0.25, -0.2) is 9.37 Å². The highest BCUT2D eigenvalue weighted by Gasteiger charge is 2.21. The van der Waals surface area contributed by atoms with Crippen molar-refractivity contribution in [2.75, 3.05) is 37.6 Å². The van der Waals surface area contributed by atoms with E-state index in [0.717, 1.165) is 66.7 Å². The maximum Gasteiger partial charge on any atom is 0.158 e. The van der Waals surface area contributed by atoms with Gasteiger partial charge < -0.3 is 4.90 Å². The molecule has 1 saturated heterocycles. The average molecular weight is 416 g/mol. The van der Waals surface area contributed by atoms with Gasteiger partial charge in [0.15, 0.2) is 5.65 Å². The van der Waals surface area contributed by atoms with Crippen molar-refractivity contribution in [3.8, 4) is 22.5 Å². The molecule has 3 heterocycles. The Hall–Kier alpha value is -3.25. The Bertz CT molecular complexity index is 1180. The first-order valence-corrected chi connectivity index (χ1v) is 10.9. The summed E-state index contributed by atoms with van der Waals surface area (Å²) in [6.45, 7) is 7.33. The van der Waals surface area contributed by atoms with E-state index in [9.17, 15) is 4.39 Å². The summed E-state index contributed by atoms with van der Waals surface area (Å²) in [5.41, 5.74) is 4.24. The lowest BCUT2D eigenvalue weighted by Gasteiger charge is -2.35. The average Bonchev–Trinajstić information content (AvgIpc) is 3.24. The molecular weight excluding hydrogens is 389 g/mol. The summed E-state index contributed by atoms with van der Waals surface area (Å²) in [4.78, 5) is 9.78. The van der Waals surface area contributed by atoms with Gasteiger partial charge in [0.25, 0.3) is 0 Å². The van der Waals surface area contributed by atoms with Gasteiger partial charge in [0.2, 0.25) is 0 Å². The monoisotopic (exact) mass is 415 g/mol. The van der Waals surface area contributed by atoms with Crippen molar-refractivity contribution in [2.24, 2.45) is 0 Å². The van der Waals surface area contributed by atoms with Gasteiger partial charge in [0, 0.05) is 49.4 Å². The van der Waals surface area contributed by atoms with E-state index in [-0.39, 0.29) is 5.82 Å². The van der Waals surface area contributed by atoms with Crippen LogP contribution < -0.4 is 4.90 Å². The first kappa shape index (κ1) is 19.7. The highest BCUT2D eigenvalue weighted by Crippen LogP contribution is 2.28. The van der Waals surface area contributed by atoms with Crippen LogP contribution in [-0.2, 0) is 0 Å². The third kappa shape index (κ3) is 4.03. The SMILES string of the molecule is CCCN1CCN(c2cc(-c3ccccc3)nc3cc(-c4cccc(F)c4)nn23)CC1. The maximum atomic E-state index is 13.8. The standard InChI is InChI=1S/C25H26FN5/c1-2-11-29-12-14-30(15-13-29)25-18-22(19-7-4-3-5-8-19)27-24-17-23(28-31(24)25)20-9-6-10-21(26)16-20/h3-10,16-18H,2,11-15H2,1H3. The number of nitrogens with zero attached hydrogens (tertiary/aromatic N) is 5. The normalized spacial score (nSPS) is 15.0. The molecule has 5 rings (SSSR count). The molecule has 0 radical (unpaired) electrons. The number of fused-ring (bicyclic) bond motifs is 1. The first-order chi connectivity index (χ1) is 15.2. The van der Waals surface area contributed by atoms with E-state index in [1.807, 2.05) is 34.8 Å². The second-order valence-corrected chi connectivity index (χ2v) is 8.00. The number of piperazine rings is 1. The van der Waals surface area contributed by atoms with Crippen LogP contribution in [0.2, 0.25) is 0 Å². The molecule has 2 aromatic heterocycles. The molecule has 158 valence electrons. The predicted molar refractivity (Wildman–Crippen MR) is 123 cm³/mol. The number of halogens is 1. The van der Waals surface area contributed by atoms with Crippen LogP contribution in [0.25, 0.3) is 28.2 Å². The molecule has 0 atom stereocenters. The minimum absolute atomic E-state index is 0.264. The van der Waals surface area contributed by atoms with E-state index in [4.69, 9.17) is 10.1 Å². The fourth-order valence-electron chi connectivity index (χ4n) is 4.25. The Morgan fingerprint density at radius 1 is 0.839 bits per heavy atom. The molecule has 0 unspecified atom stereocenters. The molecule has 5 nitrogen and oxygen atoms in total. The zero-order chi connectivity index (χ0) is 21.2. The van der Waals surface area contributed by atoms with Gasteiger partial charge in [-0.2, -0.15) is 9.61 Å². The van der Waals surface area contributed by atoms with Crippen molar-refractivity contribution in [3.05, 3.63) is 72.5 Å². The summed E-state index contributed by atoms with van der Waals surface area (Å²) < 4.78 is 15.7. The van der Waals surface area contributed by atoms with Crippen molar-refractivity contribution >= 4 is 11.5 Å². The third-order valence-electron chi connectivity index (χ3n) is 5.83. The number of aromatic nitrogens is 3. The van der Waals surface area contributed by atoms with E-state index in [0.29, 0.717) is 0 Å². The highest BCUT2D eigenvalue weighted by molar-refractivity contribution is 5.71. The Morgan fingerprint density at radius 2 is 1.61 bits per heavy atom. The molecule has 0 aliphatic carbocycles. The largest absolute Gasteiger partial charge is 0.354 e. The van der Waals surface area contributed by atoms with Crippen molar-refractivity contribution in [2.45, 2.75) is 13.3 Å². The molecule has 1 aliphatic rings. The zero-order valence-electron chi connectivity index (χ0n) is 17.7. The van der Waals surface area contributed by atoms with Crippen molar-refractivity contribution in [1.29, 1.82) is 0 Å². The Labute approximate surface area is 181 Å². The molecule has 0 saturated carbocycles. The Morgan fingerprint density at radius 3 is 2.35 bits per heavy atom. The molecule has 0 amide bonds. The van der Waals surface area contributed by atoms with Crippen LogP contribution in [0.3, 0.4) is 0 Å². The predicted octanol–water partition coefficient (Wildman–Crippen LogP) is 4.73. The van der Waals surface area contributed by atoms with Gasteiger partial charge >= 0.3 is 0 Å². The van der Waals surface area contributed by atoms with Crippen LogP contribution in [0, 0.1) is 5.82 Å². The molecule has 0 N–H and O–H groups in total. The van der Waals surface area contributed by atoms with Gasteiger partial charge in [0.05, 0.1) is 11.4 Å². The molecular formula is C25H26FN5. The molecule has 1 aliphatic heterocycles. The molecule has 4 aromatic rings. The van der Waals surface area contributed by atoms with Crippen LogP contribution in [-0.4, -0.2) is 52.2 Å². The number of hydrogen-bond donors (Lipinski definition) is 0. The second-order valence-electron chi connectivity index (χ2n) is 8.00. The number of rotatable bonds is 5. The Kier molecular flexibility index (Phi) is 5.38. The van der Waals surface area contributed by atoms with E-state index in [1.54, 1.807) is 6.07 Å². The van der Waals surface area contributed by atoms with Crippen LogP contribution in [0.15, 0.2) is 66.7 Å². The van der Waals surface area contributed by atoms with Gasteiger partial charge in [-0.15, -0.1) is 0 Å². The zero-order valence-corrected chi connectivity index (χ0v) is 17.7. The smallest absolute Gasteiger partial charge is 0.158 e. The molecule has 2 aromatic carbocycles. The summed E-state index contributed by atoms with van der Waals surface area (Å²) in [7, 11) is 0. The lowest BCUT2D eigenvalue weighted by atomic mass is 10.1. The first-order valence-electron chi connectivity index (χ1n) is 10.9. The van der Waals surface area contributed by atoms with E-state index < -0.39 is 0 Å². The number of hydrogen-bond acceptors (Lipinski definition) is 4. The maximum absolute atomic E-state index is 13.8. The quantitative estimate of drug-likeness (QED) is 0.472. The highest BCUT2D eigenvalue weighted by atomic mass is 19.1. The van der Waals surface area contributed by atoms with Crippen molar-refractivity contribution in [1.82, 2.24) is 19.5 Å². The van der Waals surface area contributed by atoms with Crippen LogP contribution in [0.4, 0.5) is 10.2 Å². The minimum Gasteiger partial charge on any atom is -0.354 e. The van der Waals surface area contributed by atoms with Crippen molar-refractivity contribution in [3.63, 3.8) is 0 Å². The van der Waals surface area contributed by atoms with Crippen LogP contribution in [0.1, 0.15) is 13.3 Å². The minimum atomic E-state index is -0.264. The molecule has 31 heavy (non-hydrogen) atoms. The van der Waals surface area contributed by atoms with E-state index >= 15 is 0 Å². The van der Waals surface area contributed by atoms with Crippen LogP contribution >= 0.6 is 0 Å². The van der Waals surface area contributed by atoms with Crippen molar-refractivity contribution < 1.29 is 4.39 Å². The summed E-state index contributed by atoms with van der Waals surface area (Å²) >= 11 is 0. The van der Waals surface area contributed by atoms with E-state index in [1.165, 1.54) is 18.6 Å². The van der Waals surface area contributed by atoms with Gasteiger partial charge in [-0.3, -0.25) is 4.90 Å². The fourth-order valence-corrected chi connectivity index (χ4v) is 4.25. The second kappa shape index (κ2) is 8.47.